The van der Waals surface area contributed by atoms with Crippen LogP contribution in [-0.4, -0.2) is 49.7 Å². The molecule has 158 valence electrons. The van der Waals surface area contributed by atoms with Crippen LogP contribution < -0.4 is 0 Å². The van der Waals surface area contributed by atoms with Crippen molar-refractivity contribution in [1.82, 2.24) is 9.21 Å². The van der Waals surface area contributed by atoms with Gasteiger partial charge in [-0.2, -0.15) is 4.31 Å². The van der Waals surface area contributed by atoms with E-state index in [-0.39, 0.29) is 11.9 Å². The molecular weight excluding hydrogens is 372 g/mol. The summed E-state index contributed by atoms with van der Waals surface area (Å²) in [5.74, 6) is 0.693. The molecule has 0 aliphatic carbocycles. The van der Waals surface area contributed by atoms with Crippen molar-refractivity contribution < 1.29 is 13.2 Å². The molecule has 6 heteroatoms. The van der Waals surface area contributed by atoms with Gasteiger partial charge in [0.2, 0.25) is 15.9 Å². The SMILES string of the molecule is CC(C)CC(C)N(C)C(=O)CCc1ccc(S(=O)(=O)N2CCCCCC2)cc1. The maximum Gasteiger partial charge on any atom is 0.243 e. The standard InChI is InChI=1S/C22H36N2O3S/c1-18(2)17-19(3)23(4)22(25)14-11-20-9-12-21(13-10-20)28(26,27)24-15-7-5-6-8-16-24/h9-10,12-13,18-19H,5-8,11,14-17H2,1-4H3. The lowest BCUT2D eigenvalue weighted by Gasteiger charge is -2.26. The lowest BCUT2D eigenvalue weighted by atomic mass is 10.0. The van der Waals surface area contributed by atoms with Crippen LogP contribution >= 0.6 is 0 Å². The Morgan fingerprint density at radius 2 is 1.61 bits per heavy atom. The summed E-state index contributed by atoms with van der Waals surface area (Å²) in [7, 11) is -1.54. The number of sulfonamides is 1. The van der Waals surface area contributed by atoms with Crippen molar-refractivity contribution in [3.8, 4) is 0 Å². The Morgan fingerprint density at radius 3 is 2.14 bits per heavy atom. The van der Waals surface area contributed by atoms with Gasteiger partial charge in [0, 0.05) is 32.6 Å². The summed E-state index contributed by atoms with van der Waals surface area (Å²) in [4.78, 5) is 14.6. The van der Waals surface area contributed by atoms with Crippen molar-refractivity contribution in [2.45, 2.75) is 76.7 Å². The zero-order valence-electron chi connectivity index (χ0n) is 17.9. The van der Waals surface area contributed by atoms with Gasteiger partial charge in [0.05, 0.1) is 4.90 Å². The van der Waals surface area contributed by atoms with Crippen molar-refractivity contribution in [3.05, 3.63) is 29.8 Å². The van der Waals surface area contributed by atoms with Gasteiger partial charge in [0.15, 0.2) is 0 Å². The van der Waals surface area contributed by atoms with E-state index in [0.717, 1.165) is 37.7 Å². The molecule has 1 atom stereocenters. The number of carbonyl (C=O) groups is 1. The van der Waals surface area contributed by atoms with E-state index in [1.807, 2.05) is 24.1 Å². The second kappa shape index (κ2) is 10.4. The van der Waals surface area contributed by atoms with E-state index in [1.165, 1.54) is 0 Å². The van der Waals surface area contributed by atoms with E-state index in [2.05, 4.69) is 20.8 Å². The zero-order chi connectivity index (χ0) is 20.7. The summed E-state index contributed by atoms with van der Waals surface area (Å²) in [6.45, 7) is 7.63. The van der Waals surface area contributed by atoms with E-state index in [0.29, 0.717) is 36.7 Å². The third-order valence-corrected chi connectivity index (χ3v) is 7.53. The minimum atomic E-state index is -3.41. The second-order valence-electron chi connectivity index (χ2n) is 8.45. The van der Waals surface area contributed by atoms with Crippen molar-refractivity contribution in [1.29, 1.82) is 0 Å². The zero-order valence-corrected chi connectivity index (χ0v) is 18.7. The molecule has 2 rings (SSSR count). The monoisotopic (exact) mass is 408 g/mol. The van der Waals surface area contributed by atoms with E-state index in [4.69, 9.17) is 0 Å². The van der Waals surface area contributed by atoms with Crippen LogP contribution in [0.2, 0.25) is 0 Å². The molecular formula is C22H36N2O3S. The Morgan fingerprint density at radius 1 is 1.04 bits per heavy atom. The quantitative estimate of drug-likeness (QED) is 0.651. The number of rotatable bonds is 8. The highest BCUT2D eigenvalue weighted by molar-refractivity contribution is 7.89. The molecule has 0 saturated carbocycles. The smallest absolute Gasteiger partial charge is 0.243 e. The van der Waals surface area contributed by atoms with Crippen LogP contribution in [-0.2, 0) is 21.2 Å². The van der Waals surface area contributed by atoms with Gasteiger partial charge < -0.3 is 4.90 Å². The highest BCUT2D eigenvalue weighted by Gasteiger charge is 2.25. The lowest BCUT2D eigenvalue weighted by molar-refractivity contribution is -0.131. The number of nitrogens with zero attached hydrogens (tertiary/aromatic N) is 2. The topological polar surface area (TPSA) is 57.7 Å². The summed E-state index contributed by atoms with van der Waals surface area (Å²) in [6, 6.07) is 7.29. The first-order valence-corrected chi connectivity index (χ1v) is 12.0. The van der Waals surface area contributed by atoms with Crippen LogP contribution in [0, 0.1) is 5.92 Å². The summed E-state index contributed by atoms with van der Waals surface area (Å²) in [6.07, 6.45) is 6.13. The Hall–Kier alpha value is -1.40. The fourth-order valence-electron chi connectivity index (χ4n) is 3.77. The Balaban J connectivity index is 1.94. The van der Waals surface area contributed by atoms with Crippen LogP contribution in [0.1, 0.15) is 64.9 Å². The largest absolute Gasteiger partial charge is 0.343 e. The Labute approximate surface area is 171 Å². The molecule has 5 nitrogen and oxygen atoms in total. The summed E-state index contributed by atoms with van der Waals surface area (Å²) in [5.41, 5.74) is 0.994. The van der Waals surface area contributed by atoms with Gasteiger partial charge in [-0.25, -0.2) is 8.42 Å². The normalized spacial score (nSPS) is 17.3. The molecule has 0 radical (unpaired) electrons. The number of aryl methyl sites for hydroxylation is 1. The number of hydrogen-bond acceptors (Lipinski definition) is 3. The molecule has 0 aromatic heterocycles. The fraction of sp³-hybridized carbons (Fsp3) is 0.682. The summed E-state index contributed by atoms with van der Waals surface area (Å²) in [5, 5.41) is 0. The highest BCUT2D eigenvalue weighted by atomic mass is 32.2. The molecule has 1 unspecified atom stereocenters. The van der Waals surface area contributed by atoms with Crippen molar-refractivity contribution in [3.63, 3.8) is 0 Å². The number of benzene rings is 1. The van der Waals surface area contributed by atoms with Gasteiger partial charge in [-0.3, -0.25) is 4.79 Å². The third kappa shape index (κ3) is 6.31. The molecule has 28 heavy (non-hydrogen) atoms. The molecule has 0 spiro atoms. The van der Waals surface area contributed by atoms with E-state index >= 15 is 0 Å². The van der Waals surface area contributed by atoms with Crippen LogP contribution in [0.5, 0.6) is 0 Å². The lowest BCUT2D eigenvalue weighted by Crippen LogP contribution is -2.36. The van der Waals surface area contributed by atoms with Crippen LogP contribution in [0.15, 0.2) is 29.2 Å². The van der Waals surface area contributed by atoms with Gasteiger partial charge in [-0.05, 0) is 56.2 Å². The summed E-state index contributed by atoms with van der Waals surface area (Å²) >= 11 is 0. The minimum absolute atomic E-state index is 0.134. The molecule has 1 heterocycles. The Kier molecular flexibility index (Phi) is 8.50. The molecule has 1 aliphatic rings. The number of amides is 1. The maximum atomic E-state index is 12.8. The molecule has 1 saturated heterocycles. The second-order valence-corrected chi connectivity index (χ2v) is 10.4. The van der Waals surface area contributed by atoms with E-state index in [1.54, 1.807) is 16.4 Å². The first-order chi connectivity index (χ1) is 13.2. The highest BCUT2D eigenvalue weighted by Crippen LogP contribution is 2.21. The summed E-state index contributed by atoms with van der Waals surface area (Å²) < 4.78 is 27.3. The maximum absolute atomic E-state index is 12.8. The molecule has 1 aliphatic heterocycles. The van der Waals surface area contributed by atoms with Gasteiger partial charge in [-0.15, -0.1) is 0 Å². The molecule has 1 amide bonds. The van der Waals surface area contributed by atoms with Gasteiger partial charge in [-0.1, -0.05) is 38.8 Å². The average molecular weight is 409 g/mol. The van der Waals surface area contributed by atoms with E-state index < -0.39 is 10.0 Å². The van der Waals surface area contributed by atoms with Crippen molar-refractivity contribution in [2.24, 2.45) is 5.92 Å². The fourth-order valence-corrected chi connectivity index (χ4v) is 5.29. The van der Waals surface area contributed by atoms with Gasteiger partial charge >= 0.3 is 0 Å². The average Bonchev–Trinajstić information content (AvgIpc) is 2.95. The van der Waals surface area contributed by atoms with E-state index in [9.17, 15) is 13.2 Å². The molecule has 1 aromatic carbocycles. The molecule has 1 aromatic rings. The third-order valence-electron chi connectivity index (χ3n) is 5.62. The van der Waals surface area contributed by atoms with Gasteiger partial charge in [0.25, 0.3) is 0 Å². The first-order valence-electron chi connectivity index (χ1n) is 10.6. The predicted molar refractivity (Wildman–Crippen MR) is 114 cm³/mol. The minimum Gasteiger partial charge on any atom is -0.343 e. The first kappa shape index (κ1) is 22.9. The molecule has 1 fully saturated rings. The molecule has 0 bridgehead atoms. The van der Waals surface area contributed by atoms with Crippen LogP contribution in [0.25, 0.3) is 0 Å². The number of hydrogen-bond donors (Lipinski definition) is 0. The molecule has 0 N–H and O–H groups in total. The number of carbonyl (C=O) groups excluding carboxylic acids is 1. The van der Waals surface area contributed by atoms with Crippen LogP contribution in [0.3, 0.4) is 0 Å². The van der Waals surface area contributed by atoms with Crippen molar-refractivity contribution >= 4 is 15.9 Å². The van der Waals surface area contributed by atoms with Crippen molar-refractivity contribution in [2.75, 3.05) is 20.1 Å². The van der Waals surface area contributed by atoms with Crippen LogP contribution in [0.4, 0.5) is 0 Å². The Bertz CT molecular complexity index is 721. The van der Waals surface area contributed by atoms with Gasteiger partial charge in [0.1, 0.15) is 0 Å². The predicted octanol–water partition coefficient (Wildman–Crippen LogP) is 4.08.